The number of carbonyl (C=O) groups excluding carboxylic acids is 1. The molecule has 0 atom stereocenters. The SMILES string of the molecule is O=C(COc1ccc(Cl)c2cccnc12)Nc1ccccc1Br. The van der Waals surface area contributed by atoms with Crippen molar-refractivity contribution in [2.45, 2.75) is 0 Å². The Hall–Kier alpha value is -2.11. The maximum atomic E-state index is 12.0. The highest BCUT2D eigenvalue weighted by Gasteiger charge is 2.10. The number of anilines is 1. The number of nitrogens with one attached hydrogen (secondary N) is 1. The van der Waals surface area contributed by atoms with Crippen molar-refractivity contribution in [3.8, 4) is 5.75 Å². The molecule has 23 heavy (non-hydrogen) atoms. The number of rotatable bonds is 4. The van der Waals surface area contributed by atoms with Crippen LogP contribution in [0.25, 0.3) is 10.9 Å². The summed E-state index contributed by atoms with van der Waals surface area (Å²) in [6.07, 6.45) is 1.66. The summed E-state index contributed by atoms with van der Waals surface area (Å²) in [5.41, 5.74) is 1.33. The molecule has 1 aromatic heterocycles. The molecule has 116 valence electrons. The standard InChI is InChI=1S/C17H12BrClN2O2/c18-12-5-1-2-6-14(12)21-16(22)10-23-15-8-7-13(19)11-4-3-9-20-17(11)15/h1-9H,10H2,(H,21,22). The van der Waals surface area contributed by atoms with E-state index in [1.807, 2.05) is 24.3 Å². The monoisotopic (exact) mass is 390 g/mol. The largest absolute Gasteiger partial charge is 0.481 e. The van der Waals surface area contributed by atoms with Crippen LogP contribution in [0.2, 0.25) is 5.02 Å². The number of hydrogen-bond acceptors (Lipinski definition) is 3. The molecule has 0 aliphatic heterocycles. The van der Waals surface area contributed by atoms with Gasteiger partial charge in [0.15, 0.2) is 6.61 Å². The number of nitrogens with zero attached hydrogens (tertiary/aromatic N) is 1. The highest BCUT2D eigenvalue weighted by molar-refractivity contribution is 9.10. The summed E-state index contributed by atoms with van der Waals surface area (Å²) in [4.78, 5) is 16.3. The molecule has 0 saturated heterocycles. The van der Waals surface area contributed by atoms with Gasteiger partial charge in [0.25, 0.3) is 5.91 Å². The molecule has 0 fully saturated rings. The number of para-hydroxylation sites is 1. The molecule has 2 aromatic carbocycles. The second kappa shape index (κ2) is 6.98. The molecule has 4 nitrogen and oxygen atoms in total. The van der Waals surface area contributed by atoms with Gasteiger partial charge in [-0.25, -0.2) is 0 Å². The zero-order valence-electron chi connectivity index (χ0n) is 11.9. The lowest BCUT2D eigenvalue weighted by Crippen LogP contribution is -2.20. The summed E-state index contributed by atoms with van der Waals surface area (Å²) < 4.78 is 6.41. The van der Waals surface area contributed by atoms with Crippen molar-refractivity contribution in [2.75, 3.05) is 11.9 Å². The molecular formula is C17H12BrClN2O2. The smallest absolute Gasteiger partial charge is 0.262 e. The summed E-state index contributed by atoms with van der Waals surface area (Å²) >= 11 is 9.52. The third-order valence-electron chi connectivity index (χ3n) is 3.19. The molecule has 0 spiro atoms. The molecule has 6 heteroatoms. The van der Waals surface area contributed by atoms with Crippen LogP contribution in [0.3, 0.4) is 0 Å². The van der Waals surface area contributed by atoms with Crippen molar-refractivity contribution in [3.63, 3.8) is 0 Å². The van der Waals surface area contributed by atoms with E-state index in [-0.39, 0.29) is 12.5 Å². The fraction of sp³-hybridized carbons (Fsp3) is 0.0588. The van der Waals surface area contributed by atoms with Crippen molar-refractivity contribution in [1.29, 1.82) is 0 Å². The average molecular weight is 392 g/mol. The van der Waals surface area contributed by atoms with Gasteiger partial charge in [-0.2, -0.15) is 0 Å². The van der Waals surface area contributed by atoms with Gasteiger partial charge in [-0.3, -0.25) is 9.78 Å². The zero-order valence-corrected chi connectivity index (χ0v) is 14.3. The van der Waals surface area contributed by atoms with Crippen LogP contribution in [-0.4, -0.2) is 17.5 Å². The fourth-order valence-corrected chi connectivity index (χ4v) is 2.72. The van der Waals surface area contributed by atoms with Crippen LogP contribution in [0.5, 0.6) is 5.75 Å². The van der Waals surface area contributed by atoms with Crippen molar-refractivity contribution in [2.24, 2.45) is 0 Å². The number of aromatic nitrogens is 1. The summed E-state index contributed by atoms with van der Waals surface area (Å²) in [6.45, 7) is -0.116. The maximum absolute atomic E-state index is 12.0. The molecule has 0 radical (unpaired) electrons. The maximum Gasteiger partial charge on any atom is 0.262 e. The lowest BCUT2D eigenvalue weighted by molar-refractivity contribution is -0.118. The summed E-state index contributed by atoms with van der Waals surface area (Å²) in [6, 6.07) is 14.5. The van der Waals surface area contributed by atoms with Crippen LogP contribution in [-0.2, 0) is 4.79 Å². The van der Waals surface area contributed by atoms with Crippen LogP contribution < -0.4 is 10.1 Å². The highest BCUT2D eigenvalue weighted by Crippen LogP contribution is 2.29. The second-order valence-corrected chi connectivity index (χ2v) is 6.02. The van der Waals surface area contributed by atoms with Gasteiger partial charge in [-0.1, -0.05) is 23.7 Å². The average Bonchev–Trinajstić information content (AvgIpc) is 2.57. The summed E-state index contributed by atoms with van der Waals surface area (Å²) in [5.74, 6) is 0.267. The molecule has 1 N–H and O–H groups in total. The molecule has 0 bridgehead atoms. The first kappa shape index (κ1) is 15.8. The summed E-state index contributed by atoms with van der Waals surface area (Å²) in [7, 11) is 0. The predicted octanol–water partition coefficient (Wildman–Crippen LogP) is 4.67. The second-order valence-electron chi connectivity index (χ2n) is 4.76. The Balaban J connectivity index is 1.73. The molecular weight excluding hydrogens is 380 g/mol. The number of ether oxygens (including phenoxy) is 1. The number of carbonyl (C=O) groups is 1. The van der Waals surface area contributed by atoms with Crippen molar-refractivity contribution >= 4 is 50.0 Å². The Bertz CT molecular complexity index is 870. The molecule has 1 amide bonds. The van der Waals surface area contributed by atoms with Gasteiger partial charge in [0.1, 0.15) is 11.3 Å². The van der Waals surface area contributed by atoms with E-state index in [9.17, 15) is 4.79 Å². The van der Waals surface area contributed by atoms with E-state index < -0.39 is 0 Å². The quantitative estimate of drug-likeness (QED) is 0.703. The van der Waals surface area contributed by atoms with Gasteiger partial charge in [0.05, 0.1) is 10.7 Å². The Morgan fingerprint density at radius 3 is 2.83 bits per heavy atom. The number of benzene rings is 2. The van der Waals surface area contributed by atoms with E-state index in [4.69, 9.17) is 16.3 Å². The molecule has 0 unspecified atom stereocenters. The van der Waals surface area contributed by atoms with E-state index in [1.54, 1.807) is 30.5 Å². The van der Waals surface area contributed by atoms with Crippen LogP contribution in [0, 0.1) is 0 Å². The van der Waals surface area contributed by atoms with Gasteiger partial charge in [0.2, 0.25) is 0 Å². The van der Waals surface area contributed by atoms with Gasteiger partial charge >= 0.3 is 0 Å². The lowest BCUT2D eigenvalue weighted by atomic mass is 10.2. The third-order valence-corrected chi connectivity index (χ3v) is 4.21. The van der Waals surface area contributed by atoms with Gasteiger partial charge in [-0.15, -0.1) is 0 Å². The predicted molar refractivity (Wildman–Crippen MR) is 95.0 cm³/mol. The zero-order chi connectivity index (χ0) is 16.2. The number of halogens is 2. The van der Waals surface area contributed by atoms with Crippen LogP contribution in [0.1, 0.15) is 0 Å². The van der Waals surface area contributed by atoms with E-state index >= 15 is 0 Å². The normalized spacial score (nSPS) is 10.5. The van der Waals surface area contributed by atoms with Crippen LogP contribution >= 0.6 is 27.5 Å². The van der Waals surface area contributed by atoms with Gasteiger partial charge < -0.3 is 10.1 Å². The first-order chi connectivity index (χ1) is 11.1. The topological polar surface area (TPSA) is 51.2 Å². The van der Waals surface area contributed by atoms with E-state index in [0.717, 1.165) is 9.86 Å². The molecule has 0 aliphatic carbocycles. The fourth-order valence-electron chi connectivity index (χ4n) is 2.12. The van der Waals surface area contributed by atoms with Crippen molar-refractivity contribution < 1.29 is 9.53 Å². The number of fused-ring (bicyclic) bond motifs is 1. The molecule has 3 aromatic rings. The van der Waals surface area contributed by atoms with E-state index in [2.05, 4.69) is 26.2 Å². The Labute approximate surface area is 146 Å². The third kappa shape index (κ3) is 3.63. The van der Waals surface area contributed by atoms with Crippen molar-refractivity contribution in [3.05, 3.63) is 64.2 Å². The Morgan fingerprint density at radius 2 is 2.00 bits per heavy atom. The summed E-state index contributed by atoms with van der Waals surface area (Å²) in [5, 5.41) is 4.17. The van der Waals surface area contributed by atoms with Crippen LogP contribution in [0.4, 0.5) is 5.69 Å². The van der Waals surface area contributed by atoms with E-state index in [1.165, 1.54) is 0 Å². The number of amides is 1. The number of pyridine rings is 1. The van der Waals surface area contributed by atoms with Gasteiger partial charge in [0, 0.05) is 16.1 Å². The minimum atomic E-state index is -0.254. The highest BCUT2D eigenvalue weighted by atomic mass is 79.9. The molecule has 0 aliphatic rings. The minimum absolute atomic E-state index is 0.116. The lowest BCUT2D eigenvalue weighted by Gasteiger charge is -2.10. The van der Waals surface area contributed by atoms with Gasteiger partial charge in [-0.05, 0) is 52.3 Å². The minimum Gasteiger partial charge on any atom is -0.481 e. The first-order valence-electron chi connectivity index (χ1n) is 6.85. The number of hydrogen-bond donors (Lipinski definition) is 1. The molecule has 3 rings (SSSR count). The van der Waals surface area contributed by atoms with E-state index in [0.29, 0.717) is 22.0 Å². The Morgan fingerprint density at radius 1 is 1.17 bits per heavy atom. The van der Waals surface area contributed by atoms with Crippen molar-refractivity contribution in [1.82, 2.24) is 4.98 Å². The first-order valence-corrected chi connectivity index (χ1v) is 8.02. The molecule has 1 heterocycles. The van der Waals surface area contributed by atoms with Crippen LogP contribution in [0.15, 0.2) is 59.2 Å². The molecule has 0 saturated carbocycles. The Kier molecular flexibility index (Phi) is 4.79.